The molecule has 25 heavy (non-hydrogen) atoms. The van der Waals surface area contributed by atoms with Crippen LogP contribution in [0.15, 0.2) is 24.3 Å². The second-order valence-corrected chi connectivity index (χ2v) is 7.22. The number of hydrogen-bond acceptors (Lipinski definition) is 5. The number of halogens is 1. The van der Waals surface area contributed by atoms with Gasteiger partial charge in [0.2, 0.25) is 5.67 Å². The highest BCUT2D eigenvalue weighted by molar-refractivity contribution is 5.90. The van der Waals surface area contributed by atoms with Crippen LogP contribution in [0.2, 0.25) is 0 Å². The zero-order valence-corrected chi connectivity index (χ0v) is 15.3. The third-order valence-electron chi connectivity index (χ3n) is 4.06. The van der Waals surface area contributed by atoms with Gasteiger partial charge in [-0.05, 0) is 52.0 Å². The lowest BCUT2D eigenvalue weighted by atomic mass is 9.93. The number of carbonyl (C=O) groups excluding carboxylic acids is 2. The Balaban J connectivity index is 1.98. The molecule has 1 heterocycles. The number of hydrogen-bond donors (Lipinski definition) is 0. The van der Waals surface area contributed by atoms with Gasteiger partial charge in [-0.15, -0.1) is 0 Å². The van der Waals surface area contributed by atoms with Crippen LogP contribution in [0.25, 0.3) is 0 Å². The minimum Gasteiger partial charge on any atom is -0.464 e. The number of nitrogens with zero attached hydrogens (tertiary/aromatic N) is 1. The van der Waals surface area contributed by atoms with Crippen LogP contribution in [0.4, 0.5) is 10.1 Å². The molecule has 0 unspecified atom stereocenters. The van der Waals surface area contributed by atoms with Crippen molar-refractivity contribution in [1.29, 1.82) is 0 Å². The van der Waals surface area contributed by atoms with Crippen LogP contribution in [0, 0.1) is 0 Å². The first-order valence-corrected chi connectivity index (χ1v) is 8.59. The Bertz CT molecular complexity index is 613. The minimum absolute atomic E-state index is 0.0969. The fraction of sp³-hybridized carbons (Fsp3) is 0.579. The number of esters is 2. The molecule has 0 radical (unpaired) electrons. The molecule has 138 valence electrons. The SMILES string of the molecule is CCOC(=O)C1(F)CCN(c2ccc(C(=O)OC(C)(C)C)cc2)CC1. The molecule has 1 aromatic rings. The summed E-state index contributed by atoms with van der Waals surface area (Å²) in [5, 5.41) is 0. The summed E-state index contributed by atoms with van der Waals surface area (Å²) in [5.74, 6) is -1.14. The molecule has 1 saturated heterocycles. The van der Waals surface area contributed by atoms with Crippen LogP contribution >= 0.6 is 0 Å². The molecular weight excluding hydrogens is 325 g/mol. The smallest absolute Gasteiger partial charge is 0.344 e. The van der Waals surface area contributed by atoms with E-state index >= 15 is 0 Å². The summed E-state index contributed by atoms with van der Waals surface area (Å²) in [6, 6.07) is 7.03. The van der Waals surface area contributed by atoms with E-state index in [9.17, 15) is 14.0 Å². The van der Waals surface area contributed by atoms with Gasteiger partial charge in [-0.1, -0.05) is 0 Å². The maximum absolute atomic E-state index is 14.6. The normalized spacial score (nSPS) is 17.1. The monoisotopic (exact) mass is 351 g/mol. The molecule has 0 aromatic heterocycles. The molecule has 1 fully saturated rings. The molecule has 6 heteroatoms. The molecule has 0 bridgehead atoms. The number of rotatable bonds is 4. The molecule has 1 aliphatic heterocycles. The lowest BCUT2D eigenvalue weighted by Crippen LogP contribution is -2.47. The number of anilines is 1. The van der Waals surface area contributed by atoms with Crippen molar-refractivity contribution in [1.82, 2.24) is 0 Å². The van der Waals surface area contributed by atoms with Gasteiger partial charge < -0.3 is 14.4 Å². The number of piperidine rings is 1. The van der Waals surface area contributed by atoms with Crippen molar-refractivity contribution in [3.8, 4) is 0 Å². The first-order chi connectivity index (χ1) is 11.6. The Labute approximate surface area is 148 Å². The fourth-order valence-electron chi connectivity index (χ4n) is 2.73. The molecular formula is C19H26FNO4. The van der Waals surface area contributed by atoms with Gasteiger partial charge in [0.1, 0.15) is 5.60 Å². The quantitative estimate of drug-likeness (QED) is 0.777. The first-order valence-electron chi connectivity index (χ1n) is 8.59. The Morgan fingerprint density at radius 2 is 1.72 bits per heavy atom. The summed E-state index contributed by atoms with van der Waals surface area (Å²) in [6.07, 6.45) is 0.194. The maximum Gasteiger partial charge on any atom is 0.344 e. The predicted octanol–water partition coefficient (Wildman–Crippen LogP) is 3.51. The molecule has 0 amide bonds. The number of ether oxygens (including phenoxy) is 2. The van der Waals surface area contributed by atoms with Gasteiger partial charge in [-0.3, -0.25) is 0 Å². The molecule has 0 atom stereocenters. The third-order valence-corrected chi connectivity index (χ3v) is 4.06. The van der Waals surface area contributed by atoms with E-state index < -0.39 is 17.2 Å². The van der Waals surface area contributed by atoms with E-state index in [1.165, 1.54) is 0 Å². The molecule has 0 aliphatic carbocycles. The van der Waals surface area contributed by atoms with Crippen molar-refractivity contribution in [3.63, 3.8) is 0 Å². The molecule has 0 saturated carbocycles. The topological polar surface area (TPSA) is 55.8 Å². The van der Waals surface area contributed by atoms with Crippen LogP contribution < -0.4 is 4.90 Å². The minimum atomic E-state index is -1.90. The molecule has 5 nitrogen and oxygen atoms in total. The standard InChI is InChI=1S/C19H26FNO4/c1-5-24-17(23)19(20)10-12-21(13-11-19)15-8-6-14(7-9-15)16(22)25-18(2,3)4/h6-9H,5,10-13H2,1-4H3. The summed E-state index contributed by atoms with van der Waals surface area (Å²) < 4.78 is 24.8. The average Bonchev–Trinajstić information content (AvgIpc) is 2.54. The Kier molecular flexibility index (Phi) is 5.70. The van der Waals surface area contributed by atoms with Gasteiger partial charge in [-0.2, -0.15) is 0 Å². The summed E-state index contributed by atoms with van der Waals surface area (Å²) in [6.45, 7) is 8.14. The van der Waals surface area contributed by atoms with Crippen molar-refractivity contribution in [2.24, 2.45) is 0 Å². The number of alkyl halides is 1. The Hall–Kier alpha value is -2.11. The van der Waals surface area contributed by atoms with E-state index in [0.717, 1.165) is 5.69 Å². The van der Waals surface area contributed by atoms with Gasteiger partial charge >= 0.3 is 11.9 Å². The second kappa shape index (κ2) is 7.42. The van der Waals surface area contributed by atoms with Crippen LogP contribution in [0.1, 0.15) is 50.9 Å². The predicted molar refractivity (Wildman–Crippen MR) is 93.5 cm³/mol. The third kappa shape index (κ3) is 4.94. The van der Waals surface area contributed by atoms with E-state index in [1.54, 1.807) is 19.1 Å². The second-order valence-electron chi connectivity index (χ2n) is 7.22. The maximum atomic E-state index is 14.6. The van der Waals surface area contributed by atoms with Gasteiger partial charge in [0, 0.05) is 31.6 Å². The van der Waals surface area contributed by atoms with E-state index in [-0.39, 0.29) is 25.4 Å². The summed E-state index contributed by atoms with van der Waals surface area (Å²) in [7, 11) is 0. The Morgan fingerprint density at radius 3 is 2.20 bits per heavy atom. The summed E-state index contributed by atoms with van der Waals surface area (Å²) >= 11 is 0. The lowest BCUT2D eigenvalue weighted by Gasteiger charge is -2.36. The Morgan fingerprint density at radius 1 is 1.16 bits per heavy atom. The number of benzene rings is 1. The van der Waals surface area contributed by atoms with Crippen molar-refractivity contribution in [2.75, 3.05) is 24.6 Å². The molecule has 0 N–H and O–H groups in total. The molecule has 1 aliphatic rings. The van der Waals surface area contributed by atoms with Crippen molar-refractivity contribution < 1.29 is 23.5 Å². The van der Waals surface area contributed by atoms with Crippen LogP contribution in [-0.2, 0) is 14.3 Å². The summed E-state index contributed by atoms with van der Waals surface area (Å²) in [5.41, 5.74) is -1.08. The van der Waals surface area contributed by atoms with Crippen LogP contribution in [0.5, 0.6) is 0 Å². The first kappa shape index (κ1) is 19.2. The van der Waals surface area contributed by atoms with Gasteiger partial charge in [-0.25, -0.2) is 14.0 Å². The molecule has 2 rings (SSSR count). The highest BCUT2D eigenvalue weighted by Crippen LogP contribution is 2.31. The zero-order valence-electron chi connectivity index (χ0n) is 15.3. The fourth-order valence-corrected chi connectivity index (χ4v) is 2.73. The van der Waals surface area contributed by atoms with E-state index in [0.29, 0.717) is 18.7 Å². The van der Waals surface area contributed by atoms with Crippen molar-refractivity contribution in [3.05, 3.63) is 29.8 Å². The van der Waals surface area contributed by atoms with Gasteiger partial charge in [0.25, 0.3) is 0 Å². The van der Waals surface area contributed by atoms with E-state index in [4.69, 9.17) is 9.47 Å². The highest BCUT2D eigenvalue weighted by Gasteiger charge is 2.43. The van der Waals surface area contributed by atoms with Crippen molar-refractivity contribution >= 4 is 17.6 Å². The van der Waals surface area contributed by atoms with Crippen molar-refractivity contribution in [2.45, 2.75) is 51.8 Å². The lowest BCUT2D eigenvalue weighted by molar-refractivity contribution is -0.158. The summed E-state index contributed by atoms with van der Waals surface area (Å²) in [4.78, 5) is 25.8. The van der Waals surface area contributed by atoms with Gasteiger partial charge in [0.05, 0.1) is 12.2 Å². The van der Waals surface area contributed by atoms with Gasteiger partial charge in [0.15, 0.2) is 0 Å². The molecule has 0 spiro atoms. The van der Waals surface area contributed by atoms with Crippen LogP contribution in [0.3, 0.4) is 0 Å². The molecule has 1 aromatic carbocycles. The van der Waals surface area contributed by atoms with E-state index in [2.05, 4.69) is 0 Å². The highest BCUT2D eigenvalue weighted by atomic mass is 19.1. The average molecular weight is 351 g/mol. The van der Waals surface area contributed by atoms with Crippen LogP contribution in [-0.4, -0.2) is 42.9 Å². The number of carbonyl (C=O) groups is 2. The van der Waals surface area contributed by atoms with E-state index in [1.807, 2.05) is 37.8 Å². The zero-order chi connectivity index (χ0) is 18.7. The largest absolute Gasteiger partial charge is 0.464 e.